The zero-order valence-electron chi connectivity index (χ0n) is 9.96. The van der Waals surface area contributed by atoms with Crippen LogP contribution in [0.3, 0.4) is 0 Å². The normalized spacial score (nSPS) is 15.6. The molecule has 1 fully saturated rings. The van der Waals surface area contributed by atoms with E-state index < -0.39 is 17.7 Å². The van der Waals surface area contributed by atoms with Gasteiger partial charge in [0.05, 0.1) is 6.20 Å². The summed E-state index contributed by atoms with van der Waals surface area (Å²) >= 11 is 0. The Morgan fingerprint density at radius 1 is 1.45 bits per heavy atom. The molecule has 106 valence electrons. The summed E-state index contributed by atoms with van der Waals surface area (Å²) in [5.41, 5.74) is -0.764. The van der Waals surface area contributed by atoms with Crippen LogP contribution in [0.15, 0.2) is 10.7 Å². The second kappa shape index (κ2) is 4.39. The standard InChI is InChI=1S/C10H8F3N5O2/c11-10(12,13)8(19)6-3-18(17-15-6)4-7-14-9(16-20-7)5-1-2-5/h3,5H,1-2,4H2. The molecule has 3 rings (SSSR count). The molecule has 0 spiro atoms. The van der Waals surface area contributed by atoms with Crippen LogP contribution >= 0.6 is 0 Å². The average Bonchev–Trinajstić information content (AvgIpc) is 2.95. The third-order valence-electron chi connectivity index (χ3n) is 2.75. The van der Waals surface area contributed by atoms with Crippen molar-refractivity contribution in [1.29, 1.82) is 0 Å². The molecular formula is C10H8F3N5O2. The SMILES string of the molecule is O=C(c1cn(Cc2nc(C3CC3)no2)nn1)C(F)(F)F. The molecule has 0 bridgehead atoms. The quantitative estimate of drug-likeness (QED) is 0.788. The van der Waals surface area contributed by atoms with Crippen molar-refractivity contribution in [2.45, 2.75) is 31.5 Å². The summed E-state index contributed by atoms with van der Waals surface area (Å²) in [5, 5.41) is 10.4. The molecule has 20 heavy (non-hydrogen) atoms. The van der Waals surface area contributed by atoms with Crippen LogP contribution in [0.25, 0.3) is 0 Å². The van der Waals surface area contributed by atoms with Gasteiger partial charge in [0.25, 0.3) is 5.78 Å². The Labute approximate surface area is 109 Å². The fraction of sp³-hybridized carbons (Fsp3) is 0.500. The molecule has 10 heteroatoms. The van der Waals surface area contributed by atoms with Gasteiger partial charge < -0.3 is 4.52 Å². The number of carbonyl (C=O) groups excluding carboxylic acids is 1. The van der Waals surface area contributed by atoms with Gasteiger partial charge in [0, 0.05) is 5.92 Å². The van der Waals surface area contributed by atoms with Crippen molar-refractivity contribution in [3.63, 3.8) is 0 Å². The molecule has 0 amide bonds. The van der Waals surface area contributed by atoms with E-state index in [2.05, 4.69) is 20.5 Å². The Morgan fingerprint density at radius 2 is 2.20 bits per heavy atom. The zero-order valence-corrected chi connectivity index (χ0v) is 9.96. The van der Waals surface area contributed by atoms with Crippen LogP contribution in [0.4, 0.5) is 13.2 Å². The maximum atomic E-state index is 12.2. The highest BCUT2D eigenvalue weighted by atomic mass is 19.4. The van der Waals surface area contributed by atoms with E-state index in [-0.39, 0.29) is 12.4 Å². The van der Waals surface area contributed by atoms with E-state index in [0.717, 1.165) is 23.7 Å². The van der Waals surface area contributed by atoms with Gasteiger partial charge >= 0.3 is 6.18 Å². The average molecular weight is 287 g/mol. The van der Waals surface area contributed by atoms with Crippen molar-refractivity contribution in [1.82, 2.24) is 25.1 Å². The van der Waals surface area contributed by atoms with Crippen LogP contribution in [0.2, 0.25) is 0 Å². The number of Topliss-reactive ketones (excluding diaryl/α,β-unsaturated/α-hetero) is 1. The summed E-state index contributed by atoms with van der Waals surface area (Å²) in [6, 6.07) is 0. The first-order valence-electron chi connectivity index (χ1n) is 5.77. The number of alkyl halides is 3. The van der Waals surface area contributed by atoms with E-state index in [4.69, 9.17) is 4.52 Å². The molecule has 2 heterocycles. The minimum atomic E-state index is -4.97. The van der Waals surface area contributed by atoms with Crippen molar-refractivity contribution >= 4 is 5.78 Å². The highest BCUT2D eigenvalue weighted by Gasteiger charge is 2.41. The van der Waals surface area contributed by atoms with E-state index in [1.54, 1.807) is 0 Å². The molecule has 0 N–H and O–H groups in total. The van der Waals surface area contributed by atoms with Crippen molar-refractivity contribution in [2.75, 3.05) is 0 Å². The Hall–Kier alpha value is -2.26. The molecule has 0 aromatic carbocycles. The smallest absolute Gasteiger partial charge is 0.337 e. The number of nitrogens with zero attached hydrogens (tertiary/aromatic N) is 5. The van der Waals surface area contributed by atoms with Gasteiger partial charge in [-0.05, 0) is 12.8 Å². The summed E-state index contributed by atoms with van der Waals surface area (Å²) < 4.78 is 42.6. The third kappa shape index (κ3) is 2.53. The molecule has 7 nitrogen and oxygen atoms in total. The first-order chi connectivity index (χ1) is 9.43. The minimum Gasteiger partial charge on any atom is -0.337 e. The van der Waals surface area contributed by atoms with Gasteiger partial charge in [-0.15, -0.1) is 5.10 Å². The zero-order chi connectivity index (χ0) is 14.3. The summed E-state index contributed by atoms with van der Waals surface area (Å²) in [4.78, 5) is 15.0. The monoisotopic (exact) mass is 287 g/mol. The summed E-state index contributed by atoms with van der Waals surface area (Å²) in [5.74, 6) is -0.923. The fourth-order valence-electron chi connectivity index (χ4n) is 1.60. The maximum absolute atomic E-state index is 12.2. The Kier molecular flexibility index (Phi) is 2.80. The largest absolute Gasteiger partial charge is 0.456 e. The maximum Gasteiger partial charge on any atom is 0.456 e. The van der Waals surface area contributed by atoms with E-state index >= 15 is 0 Å². The molecule has 1 aliphatic rings. The topological polar surface area (TPSA) is 86.7 Å². The Bertz CT molecular complexity index is 643. The van der Waals surface area contributed by atoms with Gasteiger partial charge in [0.2, 0.25) is 5.89 Å². The predicted octanol–water partition coefficient (Wildman–Crippen LogP) is 1.33. The lowest BCUT2D eigenvalue weighted by Crippen LogP contribution is -2.23. The lowest BCUT2D eigenvalue weighted by atomic mass is 10.3. The minimum absolute atomic E-state index is 0.0299. The van der Waals surface area contributed by atoms with Crippen molar-refractivity contribution in [3.05, 3.63) is 23.6 Å². The van der Waals surface area contributed by atoms with Gasteiger partial charge in [-0.1, -0.05) is 10.4 Å². The molecule has 0 aliphatic heterocycles. The number of aromatic nitrogens is 5. The van der Waals surface area contributed by atoms with Crippen LogP contribution in [0, 0.1) is 0 Å². The molecule has 1 saturated carbocycles. The lowest BCUT2D eigenvalue weighted by molar-refractivity contribution is -0.0888. The van der Waals surface area contributed by atoms with Gasteiger partial charge in [-0.3, -0.25) is 4.79 Å². The van der Waals surface area contributed by atoms with Crippen molar-refractivity contribution in [3.8, 4) is 0 Å². The summed E-state index contributed by atoms with van der Waals surface area (Å²) in [6.45, 7) is -0.0299. The van der Waals surface area contributed by atoms with Crippen LogP contribution in [0.1, 0.15) is 41.0 Å². The lowest BCUT2D eigenvalue weighted by Gasteiger charge is -1.99. The Morgan fingerprint density at radius 3 is 2.85 bits per heavy atom. The van der Waals surface area contributed by atoms with Crippen LogP contribution < -0.4 is 0 Å². The number of carbonyl (C=O) groups is 1. The van der Waals surface area contributed by atoms with E-state index in [1.807, 2.05) is 0 Å². The number of ketones is 1. The molecule has 2 aromatic heterocycles. The second-order valence-corrected chi connectivity index (χ2v) is 4.45. The summed E-state index contributed by atoms with van der Waals surface area (Å²) in [7, 11) is 0. The fourth-order valence-corrected chi connectivity index (χ4v) is 1.60. The number of hydrogen-bond donors (Lipinski definition) is 0. The van der Waals surface area contributed by atoms with Gasteiger partial charge in [0.15, 0.2) is 11.5 Å². The molecule has 0 unspecified atom stereocenters. The molecular weight excluding hydrogens is 279 g/mol. The summed E-state index contributed by atoms with van der Waals surface area (Å²) in [6.07, 6.45) is -2.06. The molecule has 0 saturated heterocycles. The third-order valence-corrected chi connectivity index (χ3v) is 2.75. The second-order valence-electron chi connectivity index (χ2n) is 4.45. The van der Waals surface area contributed by atoms with Crippen molar-refractivity contribution in [2.24, 2.45) is 0 Å². The molecule has 0 radical (unpaired) electrons. The predicted molar refractivity (Wildman–Crippen MR) is 55.8 cm³/mol. The number of rotatable bonds is 4. The van der Waals surface area contributed by atoms with Crippen molar-refractivity contribution < 1.29 is 22.5 Å². The highest BCUT2D eigenvalue weighted by Crippen LogP contribution is 2.38. The number of halogens is 3. The first-order valence-corrected chi connectivity index (χ1v) is 5.77. The van der Waals surface area contributed by atoms with Gasteiger partial charge in [0.1, 0.15) is 6.54 Å². The van der Waals surface area contributed by atoms with E-state index in [1.165, 1.54) is 0 Å². The van der Waals surface area contributed by atoms with Crippen LogP contribution in [-0.2, 0) is 6.54 Å². The van der Waals surface area contributed by atoms with Crippen LogP contribution in [-0.4, -0.2) is 37.1 Å². The van der Waals surface area contributed by atoms with Crippen LogP contribution in [0.5, 0.6) is 0 Å². The Balaban J connectivity index is 1.71. The van der Waals surface area contributed by atoms with Gasteiger partial charge in [-0.25, -0.2) is 4.68 Å². The molecule has 1 aliphatic carbocycles. The highest BCUT2D eigenvalue weighted by molar-refractivity contribution is 5.98. The first kappa shape index (κ1) is 12.8. The van der Waals surface area contributed by atoms with E-state index in [9.17, 15) is 18.0 Å². The van der Waals surface area contributed by atoms with E-state index in [0.29, 0.717) is 11.7 Å². The van der Waals surface area contributed by atoms with Gasteiger partial charge in [-0.2, -0.15) is 18.2 Å². The molecule has 0 atom stereocenters. The number of hydrogen-bond acceptors (Lipinski definition) is 6. The molecule has 2 aromatic rings.